The first-order valence-corrected chi connectivity index (χ1v) is 7.44. The SMILES string of the molecule is O=C(COC(=O)Cc1c(F)cccc1Cl)NCc1ccccc1F. The second-order valence-electron chi connectivity index (χ2n) is 4.91. The lowest BCUT2D eigenvalue weighted by Crippen LogP contribution is -2.29. The van der Waals surface area contributed by atoms with E-state index in [0.717, 1.165) is 0 Å². The molecule has 7 heteroatoms. The predicted octanol–water partition coefficient (Wildman–Crippen LogP) is 3.02. The van der Waals surface area contributed by atoms with Gasteiger partial charge >= 0.3 is 5.97 Å². The molecule has 4 nitrogen and oxygen atoms in total. The van der Waals surface area contributed by atoms with E-state index in [1.165, 1.54) is 36.4 Å². The molecule has 0 fully saturated rings. The van der Waals surface area contributed by atoms with Crippen LogP contribution >= 0.6 is 11.6 Å². The molecule has 0 aliphatic carbocycles. The molecule has 0 atom stereocenters. The Morgan fingerprint density at radius 1 is 1.04 bits per heavy atom. The first kappa shape index (κ1) is 17.9. The van der Waals surface area contributed by atoms with E-state index in [4.69, 9.17) is 16.3 Å². The van der Waals surface area contributed by atoms with Crippen molar-refractivity contribution in [1.29, 1.82) is 0 Å². The van der Waals surface area contributed by atoms with E-state index in [1.807, 2.05) is 0 Å². The summed E-state index contributed by atoms with van der Waals surface area (Å²) in [6.07, 6.45) is -0.383. The average Bonchev–Trinajstić information content (AvgIpc) is 2.56. The Bertz CT molecular complexity index is 732. The summed E-state index contributed by atoms with van der Waals surface area (Å²) in [6, 6.07) is 10.0. The molecule has 0 bridgehead atoms. The second kappa shape index (κ2) is 8.40. The van der Waals surface area contributed by atoms with Gasteiger partial charge in [0.25, 0.3) is 5.91 Å². The van der Waals surface area contributed by atoms with Crippen LogP contribution in [0, 0.1) is 11.6 Å². The highest BCUT2D eigenvalue weighted by molar-refractivity contribution is 6.31. The zero-order chi connectivity index (χ0) is 17.5. The number of hydrogen-bond donors (Lipinski definition) is 1. The summed E-state index contributed by atoms with van der Waals surface area (Å²) in [6.45, 7) is -0.568. The summed E-state index contributed by atoms with van der Waals surface area (Å²) in [5.41, 5.74) is 0.325. The summed E-state index contributed by atoms with van der Waals surface area (Å²) in [4.78, 5) is 23.3. The zero-order valence-electron chi connectivity index (χ0n) is 12.5. The van der Waals surface area contributed by atoms with Crippen molar-refractivity contribution in [2.45, 2.75) is 13.0 Å². The van der Waals surface area contributed by atoms with Gasteiger partial charge in [-0.15, -0.1) is 0 Å². The number of ether oxygens (including phenoxy) is 1. The maximum absolute atomic E-state index is 13.5. The Morgan fingerprint density at radius 3 is 2.46 bits per heavy atom. The number of nitrogens with one attached hydrogen (secondary N) is 1. The highest BCUT2D eigenvalue weighted by Gasteiger charge is 2.14. The minimum atomic E-state index is -0.789. The molecule has 2 aromatic carbocycles. The largest absolute Gasteiger partial charge is 0.455 e. The van der Waals surface area contributed by atoms with E-state index in [9.17, 15) is 18.4 Å². The molecule has 0 heterocycles. The average molecular weight is 354 g/mol. The van der Waals surface area contributed by atoms with Crippen LogP contribution in [0.15, 0.2) is 42.5 Å². The normalized spacial score (nSPS) is 10.3. The Kier molecular flexibility index (Phi) is 6.26. The van der Waals surface area contributed by atoms with Gasteiger partial charge in [-0.1, -0.05) is 35.9 Å². The molecule has 24 heavy (non-hydrogen) atoms. The molecule has 1 amide bonds. The molecule has 2 aromatic rings. The van der Waals surface area contributed by atoms with Gasteiger partial charge in [0.05, 0.1) is 6.42 Å². The summed E-state index contributed by atoms with van der Waals surface area (Å²) in [5, 5.41) is 2.53. The van der Waals surface area contributed by atoms with E-state index >= 15 is 0 Å². The monoisotopic (exact) mass is 353 g/mol. The lowest BCUT2D eigenvalue weighted by Gasteiger charge is -2.08. The fourth-order valence-electron chi connectivity index (χ4n) is 1.93. The van der Waals surface area contributed by atoms with Gasteiger partial charge in [0.2, 0.25) is 0 Å². The Hall–Kier alpha value is -2.47. The van der Waals surface area contributed by atoms with Gasteiger partial charge in [-0.3, -0.25) is 9.59 Å². The Balaban J connectivity index is 1.79. The van der Waals surface area contributed by atoms with E-state index < -0.39 is 30.1 Å². The van der Waals surface area contributed by atoms with Crippen molar-refractivity contribution in [3.05, 3.63) is 70.2 Å². The molecule has 0 saturated carbocycles. The molecule has 0 aliphatic rings. The maximum atomic E-state index is 13.5. The fourth-order valence-corrected chi connectivity index (χ4v) is 2.16. The lowest BCUT2D eigenvalue weighted by molar-refractivity contribution is -0.147. The molecule has 0 unspecified atom stereocenters. The van der Waals surface area contributed by atoms with E-state index in [0.29, 0.717) is 5.56 Å². The molecular formula is C17H14ClF2NO3. The minimum Gasteiger partial charge on any atom is -0.455 e. The van der Waals surface area contributed by atoms with Crippen molar-refractivity contribution in [2.24, 2.45) is 0 Å². The van der Waals surface area contributed by atoms with Crippen LogP contribution in [0.2, 0.25) is 5.02 Å². The molecule has 0 saturated heterocycles. The molecule has 0 radical (unpaired) electrons. The van der Waals surface area contributed by atoms with Gasteiger partial charge in [0.1, 0.15) is 11.6 Å². The van der Waals surface area contributed by atoms with Crippen LogP contribution in [0.1, 0.15) is 11.1 Å². The van der Waals surface area contributed by atoms with E-state index in [-0.39, 0.29) is 23.6 Å². The van der Waals surface area contributed by atoms with Gasteiger partial charge in [-0.25, -0.2) is 8.78 Å². The van der Waals surface area contributed by atoms with Crippen molar-refractivity contribution in [1.82, 2.24) is 5.32 Å². The van der Waals surface area contributed by atoms with Crippen molar-refractivity contribution in [2.75, 3.05) is 6.61 Å². The summed E-state index contributed by atoms with van der Waals surface area (Å²) in [7, 11) is 0. The standard InChI is InChI=1S/C17H14ClF2NO3/c18-13-5-3-7-15(20)12(13)8-17(23)24-10-16(22)21-9-11-4-1-2-6-14(11)19/h1-7H,8-10H2,(H,21,22). The molecular weight excluding hydrogens is 340 g/mol. The number of carbonyl (C=O) groups is 2. The quantitative estimate of drug-likeness (QED) is 0.812. The number of rotatable bonds is 6. The first-order valence-electron chi connectivity index (χ1n) is 7.06. The number of benzene rings is 2. The van der Waals surface area contributed by atoms with Crippen LogP contribution < -0.4 is 5.32 Å². The first-order chi connectivity index (χ1) is 11.5. The van der Waals surface area contributed by atoms with Crippen molar-refractivity contribution in [3.8, 4) is 0 Å². The molecule has 0 spiro atoms. The van der Waals surface area contributed by atoms with Gasteiger partial charge in [-0.2, -0.15) is 0 Å². The molecule has 126 valence electrons. The topological polar surface area (TPSA) is 55.4 Å². The summed E-state index contributed by atoms with van der Waals surface area (Å²) in [5.74, 6) is -2.44. The molecule has 0 aliphatic heterocycles. The van der Waals surface area contributed by atoms with Crippen LogP contribution in [0.25, 0.3) is 0 Å². The fraction of sp³-hybridized carbons (Fsp3) is 0.176. The summed E-state index contributed by atoms with van der Waals surface area (Å²) >= 11 is 5.81. The van der Waals surface area contributed by atoms with Crippen LogP contribution in [0.4, 0.5) is 8.78 Å². The third-order valence-corrected chi connectivity index (χ3v) is 3.54. The number of carbonyl (C=O) groups excluding carboxylic acids is 2. The van der Waals surface area contributed by atoms with Crippen molar-refractivity contribution in [3.63, 3.8) is 0 Å². The Labute approximate surface area is 142 Å². The molecule has 1 N–H and O–H groups in total. The zero-order valence-corrected chi connectivity index (χ0v) is 13.3. The Morgan fingerprint density at radius 2 is 1.75 bits per heavy atom. The second-order valence-corrected chi connectivity index (χ2v) is 5.31. The van der Waals surface area contributed by atoms with Gasteiger partial charge < -0.3 is 10.1 Å². The van der Waals surface area contributed by atoms with Crippen molar-refractivity contribution < 1.29 is 23.1 Å². The predicted molar refractivity (Wildman–Crippen MR) is 84.3 cm³/mol. The lowest BCUT2D eigenvalue weighted by atomic mass is 10.1. The van der Waals surface area contributed by atoms with Crippen molar-refractivity contribution >= 4 is 23.5 Å². The number of hydrogen-bond acceptors (Lipinski definition) is 3. The van der Waals surface area contributed by atoms with Crippen LogP contribution in [-0.4, -0.2) is 18.5 Å². The van der Waals surface area contributed by atoms with Crippen LogP contribution in [-0.2, 0) is 27.3 Å². The smallest absolute Gasteiger partial charge is 0.310 e. The number of esters is 1. The highest BCUT2D eigenvalue weighted by Crippen LogP contribution is 2.19. The number of amides is 1. The minimum absolute atomic E-state index is 0.0101. The van der Waals surface area contributed by atoms with E-state index in [2.05, 4.69) is 5.32 Å². The van der Waals surface area contributed by atoms with Gasteiger partial charge in [-0.05, 0) is 18.2 Å². The summed E-state index contributed by atoms with van der Waals surface area (Å²) < 4.78 is 31.7. The van der Waals surface area contributed by atoms with Crippen LogP contribution in [0.3, 0.4) is 0 Å². The third kappa shape index (κ3) is 5.03. The third-order valence-electron chi connectivity index (χ3n) is 3.18. The van der Waals surface area contributed by atoms with Gasteiger partial charge in [0.15, 0.2) is 6.61 Å². The molecule has 0 aromatic heterocycles. The van der Waals surface area contributed by atoms with E-state index in [1.54, 1.807) is 6.07 Å². The number of halogens is 3. The highest BCUT2D eigenvalue weighted by atomic mass is 35.5. The van der Waals surface area contributed by atoms with Gasteiger partial charge in [0, 0.05) is 22.7 Å². The maximum Gasteiger partial charge on any atom is 0.310 e. The molecule has 2 rings (SSSR count). The van der Waals surface area contributed by atoms with Crippen LogP contribution in [0.5, 0.6) is 0 Å².